The standard InChI is InChI=1S/C25H17BrN2O3S2/c26-17-8-4-9-18(14-17)33(30,31)28-21-15-23(25(29)20-11-2-1-10-19(20)21)32-22-12-3-6-16-7-5-13-27-24(16)22/h1-15,28-29H. The Morgan fingerprint density at radius 2 is 1.61 bits per heavy atom. The molecule has 164 valence electrons. The van der Waals surface area contributed by atoms with Crippen molar-refractivity contribution in [3.8, 4) is 5.75 Å². The van der Waals surface area contributed by atoms with Crippen LogP contribution in [-0.4, -0.2) is 18.5 Å². The van der Waals surface area contributed by atoms with Gasteiger partial charge in [0.15, 0.2) is 0 Å². The molecule has 5 nitrogen and oxygen atoms in total. The van der Waals surface area contributed by atoms with Gasteiger partial charge in [0.25, 0.3) is 10.0 Å². The van der Waals surface area contributed by atoms with Crippen molar-refractivity contribution in [1.29, 1.82) is 0 Å². The van der Waals surface area contributed by atoms with Crippen molar-refractivity contribution in [2.45, 2.75) is 14.7 Å². The summed E-state index contributed by atoms with van der Waals surface area (Å²) in [7, 11) is -3.85. The Hall–Kier alpha value is -3.07. The molecule has 0 radical (unpaired) electrons. The normalized spacial score (nSPS) is 11.7. The van der Waals surface area contributed by atoms with Crippen LogP contribution in [0.15, 0.2) is 110 Å². The summed E-state index contributed by atoms with van der Waals surface area (Å²) in [6.07, 6.45) is 1.73. The molecule has 0 spiro atoms. The highest BCUT2D eigenvalue weighted by molar-refractivity contribution is 9.10. The number of pyridine rings is 1. The molecule has 8 heteroatoms. The number of nitrogens with zero attached hydrogens (tertiary/aromatic N) is 1. The maximum atomic E-state index is 13.1. The third-order valence-electron chi connectivity index (χ3n) is 5.15. The summed E-state index contributed by atoms with van der Waals surface area (Å²) in [5, 5.41) is 13.2. The van der Waals surface area contributed by atoms with Crippen molar-refractivity contribution in [3.63, 3.8) is 0 Å². The van der Waals surface area contributed by atoms with Crippen LogP contribution in [0.2, 0.25) is 0 Å². The highest BCUT2D eigenvalue weighted by atomic mass is 79.9. The van der Waals surface area contributed by atoms with Crippen LogP contribution >= 0.6 is 27.7 Å². The Morgan fingerprint density at radius 3 is 2.42 bits per heavy atom. The van der Waals surface area contributed by atoms with Crippen LogP contribution < -0.4 is 4.72 Å². The molecule has 0 aliphatic rings. The lowest BCUT2D eigenvalue weighted by Crippen LogP contribution is -2.13. The van der Waals surface area contributed by atoms with E-state index in [1.54, 1.807) is 48.7 Å². The molecule has 0 fully saturated rings. The van der Waals surface area contributed by atoms with E-state index >= 15 is 0 Å². The molecule has 0 unspecified atom stereocenters. The number of nitrogens with one attached hydrogen (secondary N) is 1. The molecule has 1 aromatic heterocycles. The number of para-hydroxylation sites is 1. The van der Waals surface area contributed by atoms with Gasteiger partial charge < -0.3 is 5.11 Å². The first kappa shape index (κ1) is 21.8. The first-order chi connectivity index (χ1) is 15.9. The van der Waals surface area contributed by atoms with E-state index in [-0.39, 0.29) is 10.6 Å². The van der Waals surface area contributed by atoms with E-state index in [1.165, 1.54) is 17.8 Å². The zero-order valence-corrected chi connectivity index (χ0v) is 20.3. The van der Waals surface area contributed by atoms with Gasteiger partial charge in [-0.15, -0.1) is 0 Å². The molecule has 0 aliphatic carbocycles. The summed E-state index contributed by atoms with van der Waals surface area (Å²) in [5.74, 6) is 0.0916. The second kappa shape index (κ2) is 8.70. The van der Waals surface area contributed by atoms with Crippen molar-refractivity contribution < 1.29 is 13.5 Å². The highest BCUT2D eigenvalue weighted by Crippen LogP contribution is 2.44. The first-order valence-corrected chi connectivity index (χ1v) is 13.1. The van der Waals surface area contributed by atoms with E-state index < -0.39 is 10.0 Å². The van der Waals surface area contributed by atoms with Gasteiger partial charge in [0.05, 0.1) is 21.0 Å². The lowest BCUT2D eigenvalue weighted by Gasteiger charge is -2.15. The fourth-order valence-corrected chi connectivity index (χ4v) is 6.31. The monoisotopic (exact) mass is 536 g/mol. The fraction of sp³-hybridized carbons (Fsp3) is 0. The zero-order valence-electron chi connectivity index (χ0n) is 17.1. The molecule has 2 N–H and O–H groups in total. The number of halogens is 1. The summed E-state index contributed by atoms with van der Waals surface area (Å²) in [5.41, 5.74) is 1.20. The third-order valence-corrected chi connectivity index (χ3v) is 8.08. The number of hydrogen-bond acceptors (Lipinski definition) is 5. The minimum atomic E-state index is -3.85. The lowest BCUT2D eigenvalue weighted by molar-refractivity contribution is 0.469. The van der Waals surface area contributed by atoms with Gasteiger partial charge in [-0.2, -0.15) is 0 Å². The molecule has 33 heavy (non-hydrogen) atoms. The second-order valence-corrected chi connectivity index (χ2v) is 11.0. The minimum absolute atomic E-state index is 0.0916. The molecule has 0 aliphatic heterocycles. The summed E-state index contributed by atoms with van der Waals surface area (Å²) in [6.45, 7) is 0. The molecule has 4 aromatic carbocycles. The summed E-state index contributed by atoms with van der Waals surface area (Å²) < 4.78 is 29.6. The fourth-order valence-electron chi connectivity index (χ4n) is 3.61. The van der Waals surface area contributed by atoms with Gasteiger partial charge in [-0.1, -0.05) is 76.2 Å². The number of phenols is 1. The first-order valence-electron chi connectivity index (χ1n) is 9.97. The number of fused-ring (bicyclic) bond motifs is 2. The summed E-state index contributed by atoms with van der Waals surface area (Å²) in [4.78, 5) is 6.01. The second-order valence-electron chi connectivity index (χ2n) is 7.31. The van der Waals surface area contributed by atoms with E-state index in [4.69, 9.17) is 0 Å². The number of anilines is 1. The van der Waals surface area contributed by atoms with Crippen LogP contribution in [0.5, 0.6) is 5.75 Å². The Balaban J connectivity index is 1.63. The van der Waals surface area contributed by atoms with E-state index in [1.807, 2.05) is 36.4 Å². The molecular formula is C25H17BrN2O3S2. The molecule has 5 aromatic rings. The van der Waals surface area contributed by atoms with Gasteiger partial charge in [0.2, 0.25) is 0 Å². The van der Waals surface area contributed by atoms with E-state index in [0.717, 1.165) is 15.8 Å². The number of aromatic nitrogens is 1. The van der Waals surface area contributed by atoms with Gasteiger partial charge in [-0.3, -0.25) is 9.71 Å². The molecule has 1 heterocycles. The Kier molecular flexibility index (Phi) is 5.74. The quantitative estimate of drug-likeness (QED) is 0.241. The van der Waals surface area contributed by atoms with E-state index in [0.29, 0.717) is 25.8 Å². The van der Waals surface area contributed by atoms with Crippen molar-refractivity contribution in [2.24, 2.45) is 0 Å². The van der Waals surface area contributed by atoms with Crippen LogP contribution in [0.25, 0.3) is 21.7 Å². The topological polar surface area (TPSA) is 79.3 Å². The van der Waals surface area contributed by atoms with Crippen LogP contribution in [0.4, 0.5) is 5.69 Å². The van der Waals surface area contributed by atoms with Crippen molar-refractivity contribution in [1.82, 2.24) is 4.98 Å². The van der Waals surface area contributed by atoms with Gasteiger partial charge in [-0.05, 0) is 36.4 Å². The number of rotatable bonds is 5. The zero-order chi connectivity index (χ0) is 23.0. The average molecular weight is 537 g/mol. The number of aromatic hydroxyl groups is 1. The minimum Gasteiger partial charge on any atom is -0.506 e. The van der Waals surface area contributed by atoms with Crippen molar-refractivity contribution >= 4 is 65.1 Å². The lowest BCUT2D eigenvalue weighted by atomic mass is 10.1. The molecule has 0 saturated heterocycles. The summed E-state index contributed by atoms with van der Waals surface area (Å²) in [6, 6.07) is 25.0. The van der Waals surface area contributed by atoms with E-state index in [9.17, 15) is 13.5 Å². The van der Waals surface area contributed by atoms with Crippen LogP contribution in [-0.2, 0) is 10.0 Å². The number of sulfonamides is 1. The van der Waals surface area contributed by atoms with Crippen molar-refractivity contribution in [3.05, 3.63) is 95.6 Å². The molecule has 0 bridgehead atoms. The smallest absolute Gasteiger partial charge is 0.261 e. The van der Waals surface area contributed by atoms with Crippen LogP contribution in [0.3, 0.4) is 0 Å². The predicted molar refractivity (Wildman–Crippen MR) is 136 cm³/mol. The molecular weight excluding hydrogens is 520 g/mol. The van der Waals surface area contributed by atoms with Gasteiger partial charge in [-0.25, -0.2) is 8.42 Å². The molecule has 0 saturated carbocycles. The SMILES string of the molecule is O=S(=O)(Nc1cc(Sc2cccc3cccnc23)c(O)c2ccccc12)c1cccc(Br)c1. The molecule has 0 amide bonds. The molecule has 5 rings (SSSR count). The maximum absolute atomic E-state index is 13.1. The highest BCUT2D eigenvalue weighted by Gasteiger charge is 2.19. The maximum Gasteiger partial charge on any atom is 0.261 e. The van der Waals surface area contributed by atoms with Gasteiger partial charge in [0, 0.05) is 31.7 Å². The Morgan fingerprint density at radius 1 is 0.848 bits per heavy atom. The summed E-state index contributed by atoms with van der Waals surface area (Å²) >= 11 is 4.67. The predicted octanol–water partition coefficient (Wildman–Crippen LogP) is 6.81. The van der Waals surface area contributed by atoms with Crippen LogP contribution in [0.1, 0.15) is 0 Å². The van der Waals surface area contributed by atoms with Gasteiger partial charge >= 0.3 is 0 Å². The number of benzene rings is 4. The average Bonchev–Trinajstić information content (AvgIpc) is 2.82. The number of phenolic OH excluding ortho intramolecular Hbond substituents is 1. The number of hydrogen-bond donors (Lipinski definition) is 2. The largest absolute Gasteiger partial charge is 0.506 e. The Labute approximate surface area is 203 Å². The van der Waals surface area contributed by atoms with Crippen LogP contribution in [0, 0.1) is 0 Å². The molecule has 0 atom stereocenters. The third kappa shape index (κ3) is 4.29. The van der Waals surface area contributed by atoms with E-state index in [2.05, 4.69) is 25.6 Å². The van der Waals surface area contributed by atoms with Gasteiger partial charge in [0.1, 0.15) is 5.75 Å². The van der Waals surface area contributed by atoms with Crippen molar-refractivity contribution in [2.75, 3.05) is 4.72 Å². The Bertz CT molecular complexity index is 1620.